The van der Waals surface area contributed by atoms with E-state index in [1.165, 1.54) is 44.3 Å². The van der Waals surface area contributed by atoms with Gasteiger partial charge >= 0.3 is 30.5 Å². The van der Waals surface area contributed by atoms with Crippen LogP contribution < -0.4 is 31.9 Å². The molecule has 1 aromatic carbocycles. The summed E-state index contributed by atoms with van der Waals surface area (Å²) >= 11 is 0. The normalized spacial score (nSPS) is 27.3. The van der Waals surface area contributed by atoms with Crippen LogP contribution in [-0.4, -0.2) is 178 Å². The van der Waals surface area contributed by atoms with Gasteiger partial charge in [-0.2, -0.15) is 0 Å². The molecular weight excluding hydrogens is 999 g/mol. The van der Waals surface area contributed by atoms with Gasteiger partial charge in [-0.05, 0) is 112 Å². The van der Waals surface area contributed by atoms with Gasteiger partial charge in [-0.15, -0.1) is 0 Å². The number of aliphatic hydroxyl groups excluding tert-OH is 3. The van der Waals surface area contributed by atoms with Crippen molar-refractivity contribution in [3.05, 3.63) is 51.8 Å². The lowest BCUT2D eigenvalue weighted by atomic mass is 9.83. The van der Waals surface area contributed by atoms with E-state index in [9.17, 15) is 59.3 Å². The van der Waals surface area contributed by atoms with E-state index < -0.39 is 144 Å². The number of amides is 6. The molecule has 0 aromatic heterocycles. The summed E-state index contributed by atoms with van der Waals surface area (Å²) in [6, 6.07) is 1.45. The van der Waals surface area contributed by atoms with Crippen LogP contribution in [0.1, 0.15) is 94.1 Å². The maximum Gasteiger partial charge on any atom is 0.408 e. The lowest BCUT2D eigenvalue weighted by Crippen LogP contribution is -2.69. The fourth-order valence-electron chi connectivity index (χ4n) is 7.62. The lowest BCUT2D eigenvalue weighted by molar-refractivity contribution is -0.384. The second-order valence-electron chi connectivity index (χ2n) is 21.1. The summed E-state index contributed by atoms with van der Waals surface area (Å²) in [6.07, 6.45) is -18.2. The molecule has 422 valence electrons. The Morgan fingerprint density at radius 3 is 1.88 bits per heavy atom. The predicted octanol–water partition coefficient (Wildman–Crippen LogP) is 1.73. The number of hydrogen-bond acceptors (Lipinski definition) is 21. The van der Waals surface area contributed by atoms with E-state index in [4.69, 9.17) is 42.6 Å². The molecule has 1 saturated carbocycles. The molecule has 75 heavy (non-hydrogen) atoms. The summed E-state index contributed by atoms with van der Waals surface area (Å²) in [5, 5.41) is 72.3. The number of benzene rings is 1. The van der Waals surface area contributed by atoms with E-state index in [2.05, 4.69) is 31.9 Å². The molecule has 28 nitrogen and oxygen atoms in total. The largest absolute Gasteiger partial charge is 0.465 e. The van der Waals surface area contributed by atoms with Crippen LogP contribution in [-0.2, 0) is 54.0 Å². The zero-order valence-corrected chi connectivity index (χ0v) is 43.9. The maximum atomic E-state index is 13.8. The lowest BCUT2D eigenvalue weighted by Gasteiger charge is -2.49. The van der Waals surface area contributed by atoms with Crippen LogP contribution in [0.2, 0.25) is 0 Å². The highest BCUT2D eigenvalue weighted by atomic mass is 16.7. The first-order valence-corrected chi connectivity index (χ1v) is 24.1. The third-order valence-electron chi connectivity index (χ3n) is 11.0. The number of nitro groups is 1. The first kappa shape index (κ1) is 61.2. The SMILES string of the molecule is CNC(=O)O[C@@H]1[C@@H](O)[C@@H](O[C@@H]2[C@@H](O)[C@H](O[C@H]3OC(CNC(=O)OCc4ccc([N+](=O)[O-])cc4)=CC[C@H]3NC(=O)OC(C)(C)C)[C@@H](NC(=O)OC(C)(C)C)C[C@H]2NC(=O)C(O)CCNC(=O)OC(C)(C)C)OC[C@@]1(C)O. The minimum Gasteiger partial charge on any atom is -0.465 e. The summed E-state index contributed by atoms with van der Waals surface area (Å²) in [4.78, 5) is 88.5. The molecule has 2 heterocycles. The van der Waals surface area contributed by atoms with Gasteiger partial charge in [-0.25, -0.2) is 24.0 Å². The number of nitrogens with one attached hydrogen (secondary N) is 6. The van der Waals surface area contributed by atoms with E-state index in [1.54, 1.807) is 62.3 Å². The molecule has 6 amide bonds. The van der Waals surface area contributed by atoms with Crippen molar-refractivity contribution >= 4 is 42.1 Å². The summed E-state index contributed by atoms with van der Waals surface area (Å²) in [5.41, 5.74) is -4.54. The highest BCUT2D eigenvalue weighted by Crippen LogP contribution is 2.34. The van der Waals surface area contributed by atoms with Crippen LogP contribution in [0.5, 0.6) is 0 Å². The molecule has 1 aromatic rings. The quantitative estimate of drug-likeness (QED) is 0.0603. The van der Waals surface area contributed by atoms with Crippen molar-refractivity contribution < 1.29 is 96.7 Å². The Kier molecular flexibility index (Phi) is 21.2. The molecule has 1 unspecified atom stereocenters. The molecule has 28 heteroatoms. The zero-order valence-electron chi connectivity index (χ0n) is 43.9. The molecule has 2 fully saturated rings. The molecule has 0 radical (unpaired) electrons. The molecular formula is C47H73N7O21. The Bertz CT molecular complexity index is 2180. The van der Waals surface area contributed by atoms with Crippen molar-refractivity contribution in [2.24, 2.45) is 0 Å². The van der Waals surface area contributed by atoms with Crippen molar-refractivity contribution in [3.8, 4) is 0 Å². The molecule has 12 atom stereocenters. The number of non-ortho nitro benzene ring substituents is 1. The highest BCUT2D eigenvalue weighted by molar-refractivity contribution is 5.81. The summed E-state index contributed by atoms with van der Waals surface area (Å²) < 4.78 is 51.5. The van der Waals surface area contributed by atoms with Crippen LogP contribution in [0.25, 0.3) is 0 Å². The number of alkyl carbamates (subject to hydrolysis) is 5. The monoisotopic (exact) mass is 1070 g/mol. The number of carbonyl (C=O) groups is 6. The number of nitrogens with zero attached hydrogens (tertiary/aromatic N) is 1. The number of nitro benzene ring substituents is 1. The van der Waals surface area contributed by atoms with Gasteiger partial charge in [0.2, 0.25) is 12.2 Å². The Morgan fingerprint density at radius 1 is 0.773 bits per heavy atom. The van der Waals surface area contributed by atoms with Crippen LogP contribution in [0.3, 0.4) is 0 Å². The fourth-order valence-corrected chi connectivity index (χ4v) is 7.62. The number of aliphatic hydroxyl groups is 4. The highest BCUT2D eigenvalue weighted by Gasteiger charge is 2.54. The van der Waals surface area contributed by atoms with Crippen LogP contribution in [0.15, 0.2) is 36.1 Å². The average Bonchev–Trinajstić information content (AvgIpc) is 3.28. The van der Waals surface area contributed by atoms with Crippen molar-refractivity contribution in [1.29, 1.82) is 0 Å². The van der Waals surface area contributed by atoms with Crippen LogP contribution >= 0.6 is 0 Å². The van der Waals surface area contributed by atoms with E-state index in [0.29, 0.717) is 5.56 Å². The smallest absolute Gasteiger partial charge is 0.408 e. The third kappa shape index (κ3) is 19.7. The summed E-state index contributed by atoms with van der Waals surface area (Å²) in [5.74, 6) is -0.973. The molecule has 0 spiro atoms. The number of rotatable bonds is 17. The van der Waals surface area contributed by atoms with E-state index in [0.717, 1.165) is 0 Å². The van der Waals surface area contributed by atoms with Gasteiger partial charge in [-0.1, -0.05) is 0 Å². The molecule has 3 aliphatic rings. The van der Waals surface area contributed by atoms with Gasteiger partial charge in [0.1, 0.15) is 65.3 Å². The molecule has 4 rings (SSSR count). The van der Waals surface area contributed by atoms with Gasteiger partial charge in [-0.3, -0.25) is 14.9 Å². The minimum atomic E-state index is -2.00. The minimum absolute atomic E-state index is 0.0419. The Labute approximate surface area is 433 Å². The van der Waals surface area contributed by atoms with Crippen molar-refractivity contribution in [2.45, 2.75) is 185 Å². The first-order chi connectivity index (χ1) is 34.7. The third-order valence-corrected chi connectivity index (χ3v) is 11.0. The van der Waals surface area contributed by atoms with Gasteiger partial charge in [0.25, 0.3) is 5.69 Å². The van der Waals surface area contributed by atoms with Crippen molar-refractivity contribution in [2.75, 3.05) is 26.7 Å². The average molecular weight is 1070 g/mol. The van der Waals surface area contributed by atoms with E-state index in [1.807, 2.05) is 0 Å². The number of hydrogen-bond donors (Lipinski definition) is 10. The number of carbonyl (C=O) groups excluding carboxylic acids is 6. The number of ether oxygens (including phenoxy) is 9. The van der Waals surface area contributed by atoms with Crippen molar-refractivity contribution in [1.82, 2.24) is 31.9 Å². The maximum absolute atomic E-state index is 13.8. The van der Waals surface area contributed by atoms with Gasteiger partial charge in [0.15, 0.2) is 12.4 Å². The molecule has 1 saturated heterocycles. The van der Waals surface area contributed by atoms with Crippen molar-refractivity contribution in [3.63, 3.8) is 0 Å². The van der Waals surface area contributed by atoms with E-state index in [-0.39, 0.29) is 44.0 Å². The molecule has 1 aliphatic carbocycles. The van der Waals surface area contributed by atoms with E-state index >= 15 is 0 Å². The van der Waals surface area contributed by atoms with Crippen LogP contribution in [0, 0.1) is 10.1 Å². The predicted molar refractivity (Wildman–Crippen MR) is 258 cm³/mol. The fraction of sp³-hybridized carbons (Fsp3) is 0.702. The Hall–Kier alpha value is -6.30. The second kappa shape index (κ2) is 26.0. The Morgan fingerprint density at radius 2 is 1.32 bits per heavy atom. The van der Waals surface area contributed by atoms with Gasteiger partial charge in [0.05, 0.1) is 36.2 Å². The summed E-state index contributed by atoms with van der Waals surface area (Å²) in [6.45, 7) is 14.4. The molecule has 0 bridgehead atoms. The summed E-state index contributed by atoms with van der Waals surface area (Å²) in [7, 11) is 1.24. The Balaban J connectivity index is 1.69. The standard InChI is InChI=1S/C47H73N7O21/c1-44(2,3)73-41(61)49-19-18-30(55)36(58)51-28-20-29(53-43(63)75-46(7,8)9)34(31(56)33(28)71-38-32(57)35(72-39(59)48-11)47(10,64)23-68-38)70-37-27(52-42(62)74-45(4,5)6)17-16-26(69-37)21-50-40(60)67-22-24-12-14-25(15-13-24)54(65)66/h12-16,27-35,37-38,55-57,64H,17-23H2,1-11H3,(H,48,59)(H,49,61)(H,50,60)(H,51,58)(H,52,62)(H,53,63)/t27-,28-,29+,30?,31-,32-,33+,34-,35-,37-,38-,47-/m1/s1. The second-order valence-corrected chi connectivity index (χ2v) is 21.1. The van der Waals surface area contributed by atoms with Gasteiger partial charge < -0.3 is 95.0 Å². The van der Waals surface area contributed by atoms with Gasteiger partial charge in [0, 0.05) is 25.7 Å². The topological polar surface area (TPSA) is 382 Å². The molecule has 10 N–H and O–H groups in total. The first-order valence-electron chi connectivity index (χ1n) is 24.1. The van der Waals surface area contributed by atoms with Crippen LogP contribution in [0.4, 0.5) is 29.7 Å². The zero-order chi connectivity index (χ0) is 56.2. The molecule has 2 aliphatic heterocycles.